The molecule has 0 bridgehead atoms. The Morgan fingerprint density at radius 3 is 2.56 bits per heavy atom. The van der Waals surface area contributed by atoms with Crippen LogP contribution in [0.4, 0.5) is 0 Å². The highest BCUT2D eigenvalue weighted by atomic mass is 16.4. The molecule has 16 heavy (non-hydrogen) atoms. The van der Waals surface area contributed by atoms with Crippen LogP contribution in [0.3, 0.4) is 0 Å². The summed E-state index contributed by atoms with van der Waals surface area (Å²) in [6.07, 6.45) is 2.28. The first-order valence-electron chi connectivity index (χ1n) is 5.28. The van der Waals surface area contributed by atoms with E-state index >= 15 is 0 Å². The summed E-state index contributed by atoms with van der Waals surface area (Å²) in [5.74, 6) is -0.852. The zero-order chi connectivity index (χ0) is 12.4. The Hall–Kier alpha value is -1.34. The third-order valence-electron chi connectivity index (χ3n) is 2.01. The molecular weight excluding hydrogens is 210 g/mol. The van der Waals surface area contributed by atoms with E-state index in [0.717, 1.165) is 19.4 Å². The highest BCUT2D eigenvalue weighted by Crippen LogP contribution is 1.89. The molecule has 0 rings (SSSR count). The number of unbranched alkanes of at least 4 members (excludes halogenated alkanes) is 1. The van der Waals surface area contributed by atoms with Crippen LogP contribution in [0.5, 0.6) is 0 Å². The Morgan fingerprint density at radius 2 is 2.00 bits per heavy atom. The molecule has 0 radical (unpaired) electrons. The van der Waals surface area contributed by atoms with Gasteiger partial charge < -0.3 is 27.6 Å². The number of carbonyl (C=O) groups is 1. The minimum Gasteiger partial charge on any atom is -0.480 e. The molecule has 0 saturated carbocycles. The van der Waals surface area contributed by atoms with Gasteiger partial charge in [-0.15, -0.1) is 0 Å². The van der Waals surface area contributed by atoms with Crippen molar-refractivity contribution in [3.8, 4) is 0 Å². The van der Waals surface area contributed by atoms with Crippen molar-refractivity contribution in [2.45, 2.75) is 25.3 Å². The topological polar surface area (TPSA) is 140 Å². The zero-order valence-corrected chi connectivity index (χ0v) is 9.35. The number of aliphatic imine (C=N–C) groups is 1. The standard InChI is InChI=1S/C9H21N5O2/c10-7(8(15)16)3-6-13-4-1-2-5-14-9(11)12/h7,13H,1-6,10H2,(H,15,16)(H4,11,12,14)/t7-/m0/s1. The third-order valence-corrected chi connectivity index (χ3v) is 2.01. The first kappa shape index (κ1) is 14.7. The minimum atomic E-state index is -0.963. The maximum Gasteiger partial charge on any atom is 0.320 e. The van der Waals surface area contributed by atoms with E-state index in [9.17, 15) is 4.79 Å². The monoisotopic (exact) mass is 231 g/mol. The largest absolute Gasteiger partial charge is 0.480 e. The van der Waals surface area contributed by atoms with Crippen LogP contribution in [0.2, 0.25) is 0 Å². The Balaban J connectivity index is 3.22. The van der Waals surface area contributed by atoms with Gasteiger partial charge in [0.15, 0.2) is 5.96 Å². The zero-order valence-electron chi connectivity index (χ0n) is 9.35. The second kappa shape index (κ2) is 8.93. The van der Waals surface area contributed by atoms with Crippen LogP contribution in [0, 0.1) is 0 Å². The van der Waals surface area contributed by atoms with Crippen LogP contribution >= 0.6 is 0 Å². The summed E-state index contributed by atoms with van der Waals surface area (Å²) < 4.78 is 0. The predicted octanol–water partition coefficient (Wildman–Crippen LogP) is -1.57. The summed E-state index contributed by atoms with van der Waals surface area (Å²) in [5, 5.41) is 11.6. The molecule has 0 amide bonds. The van der Waals surface area contributed by atoms with E-state index in [1.165, 1.54) is 0 Å². The number of carboxylic acids is 1. The van der Waals surface area contributed by atoms with E-state index in [4.69, 9.17) is 22.3 Å². The molecule has 1 atom stereocenters. The van der Waals surface area contributed by atoms with Crippen molar-refractivity contribution in [2.24, 2.45) is 22.2 Å². The molecule has 7 nitrogen and oxygen atoms in total. The quantitative estimate of drug-likeness (QED) is 0.184. The van der Waals surface area contributed by atoms with Crippen LogP contribution in [-0.2, 0) is 4.79 Å². The van der Waals surface area contributed by atoms with Gasteiger partial charge in [0.05, 0.1) is 0 Å². The highest BCUT2D eigenvalue weighted by molar-refractivity contribution is 5.75. The van der Waals surface area contributed by atoms with Crippen molar-refractivity contribution >= 4 is 11.9 Å². The summed E-state index contributed by atoms with van der Waals surface area (Å²) in [5.41, 5.74) is 15.6. The average Bonchev–Trinajstić information content (AvgIpc) is 2.21. The molecule has 0 aromatic rings. The van der Waals surface area contributed by atoms with E-state index in [1.807, 2.05) is 0 Å². The van der Waals surface area contributed by atoms with E-state index in [-0.39, 0.29) is 5.96 Å². The molecule has 0 unspecified atom stereocenters. The summed E-state index contributed by atoms with van der Waals surface area (Å²) >= 11 is 0. The number of hydrogen-bond donors (Lipinski definition) is 5. The van der Waals surface area contributed by atoms with Gasteiger partial charge in [-0.2, -0.15) is 0 Å². The van der Waals surface area contributed by atoms with Crippen molar-refractivity contribution in [3.05, 3.63) is 0 Å². The number of aliphatic carboxylic acids is 1. The maximum absolute atomic E-state index is 10.4. The predicted molar refractivity (Wildman–Crippen MR) is 63.0 cm³/mol. The SMILES string of the molecule is NC(N)=NCCCCNCC[C@H](N)C(=O)O. The fraction of sp³-hybridized carbons (Fsp3) is 0.778. The van der Waals surface area contributed by atoms with Gasteiger partial charge >= 0.3 is 5.97 Å². The van der Waals surface area contributed by atoms with Crippen LogP contribution in [0.1, 0.15) is 19.3 Å². The fourth-order valence-corrected chi connectivity index (χ4v) is 1.08. The van der Waals surface area contributed by atoms with Gasteiger partial charge in [-0.05, 0) is 32.4 Å². The fourth-order valence-electron chi connectivity index (χ4n) is 1.08. The van der Waals surface area contributed by atoms with Gasteiger partial charge in [0.1, 0.15) is 6.04 Å². The number of nitrogens with two attached hydrogens (primary N) is 3. The molecule has 0 spiro atoms. The summed E-state index contributed by atoms with van der Waals surface area (Å²) in [6.45, 7) is 2.04. The summed E-state index contributed by atoms with van der Waals surface area (Å²) in [7, 11) is 0. The second-order valence-electron chi connectivity index (χ2n) is 3.50. The Labute approximate surface area is 95.1 Å². The third kappa shape index (κ3) is 9.22. The lowest BCUT2D eigenvalue weighted by Crippen LogP contribution is -2.33. The first-order valence-corrected chi connectivity index (χ1v) is 5.28. The van der Waals surface area contributed by atoms with Crippen LogP contribution < -0.4 is 22.5 Å². The molecule has 8 N–H and O–H groups in total. The van der Waals surface area contributed by atoms with Gasteiger partial charge in [-0.1, -0.05) is 0 Å². The number of rotatable bonds is 9. The van der Waals surface area contributed by atoms with Crippen molar-refractivity contribution < 1.29 is 9.90 Å². The molecule has 7 heteroatoms. The van der Waals surface area contributed by atoms with Gasteiger partial charge in [0.25, 0.3) is 0 Å². The van der Waals surface area contributed by atoms with E-state index in [1.54, 1.807) is 0 Å². The molecule has 0 aromatic heterocycles. The number of guanidine groups is 1. The Bertz CT molecular complexity index is 228. The molecule has 94 valence electrons. The average molecular weight is 231 g/mol. The van der Waals surface area contributed by atoms with Crippen LogP contribution in [0.15, 0.2) is 4.99 Å². The second-order valence-corrected chi connectivity index (χ2v) is 3.50. The molecule has 0 aromatic carbocycles. The highest BCUT2D eigenvalue weighted by Gasteiger charge is 2.09. The number of nitrogens with zero attached hydrogens (tertiary/aromatic N) is 1. The van der Waals surface area contributed by atoms with E-state index in [0.29, 0.717) is 19.5 Å². The van der Waals surface area contributed by atoms with Crippen LogP contribution in [-0.4, -0.2) is 42.7 Å². The number of carboxylic acid groups (broad SMARTS) is 1. The van der Waals surface area contributed by atoms with Crippen LogP contribution in [0.25, 0.3) is 0 Å². The normalized spacial score (nSPS) is 12.1. The molecule has 0 heterocycles. The first-order chi connectivity index (χ1) is 7.54. The Morgan fingerprint density at radius 1 is 1.31 bits per heavy atom. The lowest BCUT2D eigenvalue weighted by atomic mass is 10.2. The van der Waals surface area contributed by atoms with Gasteiger partial charge in [0, 0.05) is 6.54 Å². The van der Waals surface area contributed by atoms with Crippen molar-refractivity contribution in [1.29, 1.82) is 0 Å². The minimum absolute atomic E-state index is 0.111. The number of nitrogens with one attached hydrogen (secondary N) is 1. The smallest absolute Gasteiger partial charge is 0.320 e. The lowest BCUT2D eigenvalue weighted by molar-refractivity contribution is -0.138. The molecule has 0 aliphatic rings. The molecule has 0 aliphatic carbocycles. The summed E-state index contributed by atoms with van der Waals surface area (Å²) in [4.78, 5) is 14.2. The molecule has 0 fully saturated rings. The van der Waals surface area contributed by atoms with Crippen molar-refractivity contribution in [3.63, 3.8) is 0 Å². The van der Waals surface area contributed by atoms with E-state index < -0.39 is 12.0 Å². The van der Waals surface area contributed by atoms with E-state index in [2.05, 4.69) is 10.3 Å². The molecular formula is C9H21N5O2. The van der Waals surface area contributed by atoms with Gasteiger partial charge in [-0.3, -0.25) is 9.79 Å². The number of hydrogen-bond acceptors (Lipinski definition) is 4. The molecule has 0 saturated heterocycles. The summed E-state index contributed by atoms with van der Waals surface area (Å²) in [6, 6.07) is -0.783. The Kier molecular flexibility index (Phi) is 8.18. The van der Waals surface area contributed by atoms with Gasteiger partial charge in [-0.25, -0.2) is 0 Å². The van der Waals surface area contributed by atoms with Crippen molar-refractivity contribution in [1.82, 2.24) is 5.32 Å². The molecule has 0 aliphatic heterocycles. The van der Waals surface area contributed by atoms with Gasteiger partial charge in [0.2, 0.25) is 0 Å². The lowest BCUT2D eigenvalue weighted by Gasteiger charge is -2.07. The maximum atomic E-state index is 10.4. The van der Waals surface area contributed by atoms with Crippen molar-refractivity contribution in [2.75, 3.05) is 19.6 Å².